The molecule has 0 fully saturated rings. The molecular weight excluding hydrogens is 388 g/mol. The largest absolute Gasteiger partial charge is 0.494 e. The van der Waals surface area contributed by atoms with Gasteiger partial charge in [-0.3, -0.25) is 4.79 Å². The minimum absolute atomic E-state index is 0.138. The second-order valence-corrected chi connectivity index (χ2v) is 8.11. The second kappa shape index (κ2) is 9.77. The molecule has 0 unspecified atom stereocenters. The molecule has 31 heavy (non-hydrogen) atoms. The predicted octanol–water partition coefficient (Wildman–Crippen LogP) is 5.41. The number of carbonyl (C=O) groups is 1. The molecule has 4 rings (SSSR count). The molecule has 1 aromatic heterocycles. The van der Waals surface area contributed by atoms with E-state index in [9.17, 15) is 4.79 Å². The summed E-state index contributed by atoms with van der Waals surface area (Å²) in [5, 5.41) is 11.9. The molecule has 0 spiro atoms. The first-order valence-corrected chi connectivity index (χ1v) is 11.2. The van der Waals surface area contributed by atoms with Crippen LogP contribution < -0.4 is 10.1 Å². The maximum absolute atomic E-state index is 12.8. The van der Waals surface area contributed by atoms with Crippen LogP contribution in [0, 0.1) is 6.92 Å². The molecular formula is C25H30N4O2. The zero-order valence-electron chi connectivity index (χ0n) is 18.4. The first-order chi connectivity index (χ1) is 15.2. The number of aryl methyl sites for hydroxylation is 2. The minimum Gasteiger partial charge on any atom is -0.494 e. The van der Waals surface area contributed by atoms with Gasteiger partial charge < -0.3 is 14.6 Å². The topological polar surface area (TPSA) is 69.0 Å². The third-order valence-corrected chi connectivity index (χ3v) is 5.74. The lowest BCUT2D eigenvalue weighted by atomic mass is 10.1. The summed E-state index contributed by atoms with van der Waals surface area (Å²) >= 11 is 0. The average molecular weight is 419 g/mol. The number of anilines is 1. The molecule has 0 bridgehead atoms. The molecule has 2 aromatic carbocycles. The molecule has 1 aliphatic heterocycles. The van der Waals surface area contributed by atoms with E-state index in [0.717, 1.165) is 72.9 Å². The standard InChI is InChI=1S/C25H30N4O2/c1-3-4-16-31-21-13-11-19(12-14-21)25(30)26-22-17-20(10-9-18(22)2)24-28-27-23-8-6-5-7-15-29(23)24/h9-14,17H,3-8,15-16H2,1-2H3,(H,26,30). The van der Waals surface area contributed by atoms with E-state index in [0.29, 0.717) is 12.2 Å². The smallest absolute Gasteiger partial charge is 0.255 e. The summed E-state index contributed by atoms with van der Waals surface area (Å²) < 4.78 is 7.91. The van der Waals surface area contributed by atoms with Crippen LogP contribution in [0.3, 0.4) is 0 Å². The number of nitrogens with one attached hydrogen (secondary N) is 1. The van der Waals surface area contributed by atoms with Crippen LogP contribution in [0.15, 0.2) is 42.5 Å². The highest BCUT2D eigenvalue weighted by Crippen LogP contribution is 2.27. The van der Waals surface area contributed by atoms with Crippen molar-refractivity contribution >= 4 is 11.6 Å². The Balaban J connectivity index is 1.50. The average Bonchev–Trinajstić information content (AvgIpc) is 3.04. The number of carbonyl (C=O) groups excluding carboxylic acids is 1. The fourth-order valence-corrected chi connectivity index (χ4v) is 3.83. The summed E-state index contributed by atoms with van der Waals surface area (Å²) in [5.74, 6) is 2.58. The molecule has 1 N–H and O–H groups in total. The van der Waals surface area contributed by atoms with Crippen molar-refractivity contribution in [3.8, 4) is 17.1 Å². The van der Waals surface area contributed by atoms with Gasteiger partial charge in [0, 0.05) is 29.8 Å². The van der Waals surface area contributed by atoms with Crippen molar-refractivity contribution in [3.05, 3.63) is 59.4 Å². The number of aromatic nitrogens is 3. The van der Waals surface area contributed by atoms with E-state index in [1.54, 1.807) is 12.1 Å². The summed E-state index contributed by atoms with van der Waals surface area (Å²) in [6.45, 7) is 5.77. The minimum atomic E-state index is -0.138. The molecule has 0 atom stereocenters. The third kappa shape index (κ3) is 4.95. The van der Waals surface area contributed by atoms with Gasteiger partial charge in [0.2, 0.25) is 0 Å². The molecule has 3 aromatic rings. The summed E-state index contributed by atoms with van der Waals surface area (Å²) in [7, 11) is 0. The van der Waals surface area contributed by atoms with Crippen LogP contribution in [0.25, 0.3) is 11.4 Å². The fourth-order valence-electron chi connectivity index (χ4n) is 3.83. The molecule has 2 heterocycles. The number of nitrogens with zero attached hydrogens (tertiary/aromatic N) is 3. The van der Waals surface area contributed by atoms with E-state index >= 15 is 0 Å². The Hall–Kier alpha value is -3.15. The van der Waals surface area contributed by atoms with E-state index in [-0.39, 0.29) is 5.91 Å². The normalized spacial score (nSPS) is 13.4. The van der Waals surface area contributed by atoms with Crippen LogP contribution in [0.2, 0.25) is 0 Å². The predicted molar refractivity (Wildman–Crippen MR) is 123 cm³/mol. The molecule has 6 nitrogen and oxygen atoms in total. The van der Waals surface area contributed by atoms with Gasteiger partial charge in [0.15, 0.2) is 5.82 Å². The Morgan fingerprint density at radius 1 is 1.10 bits per heavy atom. The van der Waals surface area contributed by atoms with E-state index in [1.165, 1.54) is 6.42 Å². The number of rotatable bonds is 7. The van der Waals surface area contributed by atoms with Crippen molar-refractivity contribution in [2.75, 3.05) is 11.9 Å². The number of ether oxygens (including phenoxy) is 1. The highest BCUT2D eigenvalue weighted by Gasteiger charge is 2.17. The molecule has 0 aliphatic carbocycles. The van der Waals surface area contributed by atoms with E-state index in [2.05, 4.69) is 33.1 Å². The van der Waals surface area contributed by atoms with Gasteiger partial charge in [0.25, 0.3) is 5.91 Å². The van der Waals surface area contributed by atoms with Crippen LogP contribution in [-0.4, -0.2) is 27.3 Å². The van der Waals surface area contributed by atoms with Gasteiger partial charge >= 0.3 is 0 Å². The lowest BCUT2D eigenvalue weighted by Gasteiger charge is -2.12. The highest BCUT2D eigenvalue weighted by atomic mass is 16.5. The van der Waals surface area contributed by atoms with Gasteiger partial charge in [0.1, 0.15) is 11.6 Å². The van der Waals surface area contributed by atoms with E-state index in [1.807, 2.05) is 31.2 Å². The van der Waals surface area contributed by atoms with Gasteiger partial charge in [-0.25, -0.2) is 0 Å². The van der Waals surface area contributed by atoms with Gasteiger partial charge in [-0.2, -0.15) is 0 Å². The number of hydrogen-bond acceptors (Lipinski definition) is 4. The zero-order chi connectivity index (χ0) is 21.6. The summed E-state index contributed by atoms with van der Waals surface area (Å²) in [6.07, 6.45) is 6.62. The van der Waals surface area contributed by atoms with E-state index in [4.69, 9.17) is 4.74 Å². The van der Waals surface area contributed by atoms with Gasteiger partial charge in [-0.1, -0.05) is 31.9 Å². The molecule has 1 amide bonds. The molecule has 0 saturated carbocycles. The van der Waals surface area contributed by atoms with Crippen LogP contribution >= 0.6 is 0 Å². The Morgan fingerprint density at radius 2 is 1.94 bits per heavy atom. The van der Waals surface area contributed by atoms with Crippen LogP contribution in [0.5, 0.6) is 5.75 Å². The molecule has 6 heteroatoms. The monoisotopic (exact) mass is 418 g/mol. The number of benzene rings is 2. The summed E-state index contributed by atoms with van der Waals surface area (Å²) in [5.41, 5.74) is 3.37. The molecule has 0 radical (unpaired) electrons. The first kappa shape index (κ1) is 21.1. The van der Waals surface area contributed by atoms with Gasteiger partial charge in [0.05, 0.1) is 6.61 Å². The molecule has 1 aliphatic rings. The quantitative estimate of drug-likeness (QED) is 0.521. The SMILES string of the molecule is CCCCOc1ccc(C(=O)Nc2cc(-c3nnc4n3CCCCC4)ccc2C)cc1. The van der Waals surface area contributed by atoms with Crippen molar-refractivity contribution in [2.45, 2.75) is 58.9 Å². The Kier molecular flexibility index (Phi) is 6.65. The fraction of sp³-hybridized carbons (Fsp3) is 0.400. The van der Waals surface area contributed by atoms with Crippen molar-refractivity contribution in [3.63, 3.8) is 0 Å². The Labute approximate surface area is 183 Å². The maximum atomic E-state index is 12.8. The van der Waals surface area contributed by atoms with Crippen molar-refractivity contribution < 1.29 is 9.53 Å². The lowest BCUT2D eigenvalue weighted by Crippen LogP contribution is -2.13. The second-order valence-electron chi connectivity index (χ2n) is 8.11. The van der Waals surface area contributed by atoms with Gasteiger partial charge in [-0.05, 0) is 62.1 Å². The maximum Gasteiger partial charge on any atom is 0.255 e. The van der Waals surface area contributed by atoms with Crippen molar-refractivity contribution in [1.29, 1.82) is 0 Å². The highest BCUT2D eigenvalue weighted by molar-refractivity contribution is 6.05. The van der Waals surface area contributed by atoms with Crippen molar-refractivity contribution in [2.24, 2.45) is 0 Å². The summed E-state index contributed by atoms with van der Waals surface area (Å²) in [4.78, 5) is 12.8. The van der Waals surface area contributed by atoms with Crippen molar-refractivity contribution in [1.82, 2.24) is 14.8 Å². The number of amides is 1. The lowest BCUT2D eigenvalue weighted by molar-refractivity contribution is 0.102. The zero-order valence-corrected chi connectivity index (χ0v) is 18.4. The Morgan fingerprint density at radius 3 is 2.74 bits per heavy atom. The van der Waals surface area contributed by atoms with E-state index < -0.39 is 0 Å². The van der Waals surface area contributed by atoms with Crippen LogP contribution in [0.4, 0.5) is 5.69 Å². The number of fused-ring (bicyclic) bond motifs is 1. The molecule has 0 saturated heterocycles. The van der Waals surface area contributed by atoms with Crippen LogP contribution in [0.1, 0.15) is 60.8 Å². The van der Waals surface area contributed by atoms with Gasteiger partial charge in [-0.15, -0.1) is 10.2 Å². The Bertz CT molecular complexity index is 1040. The van der Waals surface area contributed by atoms with Crippen LogP contribution in [-0.2, 0) is 13.0 Å². The number of hydrogen-bond donors (Lipinski definition) is 1. The first-order valence-electron chi connectivity index (χ1n) is 11.2. The summed E-state index contributed by atoms with van der Waals surface area (Å²) in [6, 6.07) is 13.4. The number of unbranched alkanes of at least 4 members (excludes halogenated alkanes) is 1. The molecule has 162 valence electrons. The third-order valence-electron chi connectivity index (χ3n) is 5.74.